The summed E-state index contributed by atoms with van der Waals surface area (Å²) in [4.78, 5) is 16.6. The van der Waals surface area contributed by atoms with Crippen molar-refractivity contribution in [1.29, 1.82) is 0 Å². The van der Waals surface area contributed by atoms with E-state index < -0.39 is 0 Å². The Bertz CT molecular complexity index is 941. The van der Waals surface area contributed by atoms with Gasteiger partial charge < -0.3 is 10.1 Å². The summed E-state index contributed by atoms with van der Waals surface area (Å²) in [6.07, 6.45) is 4.97. The summed E-state index contributed by atoms with van der Waals surface area (Å²) in [7, 11) is 0. The fourth-order valence-electron chi connectivity index (χ4n) is 2.58. The normalized spacial score (nSPS) is 11.3. The minimum Gasteiger partial charge on any atom is -0.487 e. The average Bonchev–Trinajstić information content (AvgIpc) is 3.27. The van der Waals surface area contributed by atoms with E-state index in [2.05, 4.69) is 29.2 Å². The molecule has 146 valence electrons. The van der Waals surface area contributed by atoms with Crippen LogP contribution in [-0.4, -0.2) is 20.7 Å². The zero-order valence-electron chi connectivity index (χ0n) is 16.3. The molecule has 0 saturated carbocycles. The lowest BCUT2D eigenvalue weighted by Crippen LogP contribution is -2.15. The fraction of sp³-hybridized carbons (Fsp3) is 0.286. The van der Waals surface area contributed by atoms with Gasteiger partial charge in [-0.15, -0.1) is 11.3 Å². The van der Waals surface area contributed by atoms with Crippen LogP contribution in [0.4, 0.5) is 5.82 Å². The molecule has 0 aliphatic carbocycles. The van der Waals surface area contributed by atoms with Crippen LogP contribution in [0.2, 0.25) is 0 Å². The Balaban J connectivity index is 1.52. The van der Waals surface area contributed by atoms with E-state index in [1.165, 1.54) is 6.08 Å². The minimum atomic E-state index is -0.190. The maximum absolute atomic E-state index is 12.2. The lowest BCUT2D eigenvalue weighted by atomic mass is 10.2. The maximum atomic E-state index is 12.2. The van der Waals surface area contributed by atoms with Crippen molar-refractivity contribution in [1.82, 2.24) is 14.8 Å². The largest absolute Gasteiger partial charge is 0.487 e. The van der Waals surface area contributed by atoms with E-state index in [4.69, 9.17) is 4.74 Å². The van der Waals surface area contributed by atoms with Gasteiger partial charge in [-0.1, -0.05) is 26.0 Å². The maximum Gasteiger partial charge on any atom is 0.249 e. The van der Waals surface area contributed by atoms with E-state index in [-0.39, 0.29) is 5.91 Å². The number of nitrogens with one attached hydrogen (secondary N) is 1. The van der Waals surface area contributed by atoms with Gasteiger partial charge in [-0.3, -0.25) is 4.79 Å². The van der Waals surface area contributed by atoms with E-state index in [9.17, 15) is 4.79 Å². The highest BCUT2D eigenvalue weighted by Crippen LogP contribution is 2.16. The number of rotatable bonds is 8. The second-order valence-electron chi connectivity index (χ2n) is 6.83. The number of thiazole rings is 1. The predicted octanol–water partition coefficient (Wildman–Crippen LogP) is 4.53. The van der Waals surface area contributed by atoms with Crippen molar-refractivity contribution in [2.75, 3.05) is 5.32 Å². The van der Waals surface area contributed by atoms with Crippen LogP contribution in [-0.2, 0) is 17.9 Å². The van der Waals surface area contributed by atoms with Crippen molar-refractivity contribution in [3.63, 3.8) is 0 Å². The van der Waals surface area contributed by atoms with Gasteiger partial charge in [0.25, 0.3) is 0 Å². The van der Waals surface area contributed by atoms with Crippen LogP contribution in [0, 0.1) is 12.8 Å². The molecule has 0 spiro atoms. The van der Waals surface area contributed by atoms with Gasteiger partial charge in [-0.05, 0) is 36.6 Å². The number of aryl methyl sites for hydroxylation is 1. The molecule has 7 heteroatoms. The van der Waals surface area contributed by atoms with Gasteiger partial charge in [0.2, 0.25) is 5.91 Å². The van der Waals surface area contributed by atoms with E-state index >= 15 is 0 Å². The Labute approximate surface area is 168 Å². The SMILES string of the molecule is Cc1nc(COc2ccc(/C=C/C(=O)Nc3ccnn3CC(C)C)cc2)cs1. The smallest absolute Gasteiger partial charge is 0.249 e. The molecule has 0 bridgehead atoms. The highest BCUT2D eigenvalue weighted by molar-refractivity contribution is 7.09. The van der Waals surface area contributed by atoms with Crippen LogP contribution in [0.5, 0.6) is 5.75 Å². The monoisotopic (exact) mass is 396 g/mol. The van der Waals surface area contributed by atoms with Crippen LogP contribution >= 0.6 is 11.3 Å². The summed E-state index contributed by atoms with van der Waals surface area (Å²) in [5, 5.41) is 10.1. The summed E-state index contributed by atoms with van der Waals surface area (Å²) >= 11 is 1.61. The van der Waals surface area contributed by atoms with Crippen LogP contribution in [0.15, 0.2) is 48.0 Å². The van der Waals surface area contributed by atoms with E-state index in [1.807, 2.05) is 36.6 Å². The molecule has 0 saturated heterocycles. The quantitative estimate of drug-likeness (QED) is 0.568. The van der Waals surface area contributed by atoms with Crippen LogP contribution < -0.4 is 10.1 Å². The third kappa shape index (κ3) is 5.79. The third-order valence-corrected chi connectivity index (χ3v) is 4.69. The molecule has 1 N–H and O–H groups in total. The molecule has 0 aliphatic rings. The number of amides is 1. The molecule has 0 fully saturated rings. The number of anilines is 1. The molecule has 1 aromatic carbocycles. The zero-order valence-corrected chi connectivity index (χ0v) is 17.1. The van der Waals surface area contributed by atoms with Gasteiger partial charge in [-0.2, -0.15) is 5.10 Å². The number of hydrogen-bond donors (Lipinski definition) is 1. The molecule has 3 rings (SSSR count). The van der Waals surface area contributed by atoms with Crippen molar-refractivity contribution in [2.24, 2.45) is 5.92 Å². The van der Waals surface area contributed by atoms with Crippen molar-refractivity contribution in [2.45, 2.75) is 33.9 Å². The topological polar surface area (TPSA) is 69.0 Å². The van der Waals surface area contributed by atoms with E-state index in [0.717, 1.165) is 28.6 Å². The second kappa shape index (κ2) is 9.32. The summed E-state index contributed by atoms with van der Waals surface area (Å²) < 4.78 is 7.53. The molecule has 0 unspecified atom stereocenters. The Kier molecular flexibility index (Phi) is 6.60. The summed E-state index contributed by atoms with van der Waals surface area (Å²) in [5.41, 5.74) is 1.85. The molecule has 1 amide bonds. The van der Waals surface area contributed by atoms with Crippen LogP contribution in [0.1, 0.15) is 30.1 Å². The first-order valence-corrected chi connectivity index (χ1v) is 10.0. The number of aromatic nitrogens is 3. The summed E-state index contributed by atoms with van der Waals surface area (Å²) in [6.45, 7) is 7.40. The molecule has 0 aliphatic heterocycles. The van der Waals surface area contributed by atoms with Gasteiger partial charge >= 0.3 is 0 Å². The van der Waals surface area contributed by atoms with Crippen LogP contribution in [0.3, 0.4) is 0 Å². The Morgan fingerprint density at radius 1 is 1.29 bits per heavy atom. The van der Waals surface area contributed by atoms with Gasteiger partial charge in [0.05, 0.1) is 16.9 Å². The predicted molar refractivity (Wildman–Crippen MR) is 112 cm³/mol. The first-order chi connectivity index (χ1) is 13.5. The number of benzene rings is 1. The van der Waals surface area contributed by atoms with Gasteiger partial charge in [0, 0.05) is 24.1 Å². The number of nitrogens with zero attached hydrogens (tertiary/aromatic N) is 3. The molecule has 0 radical (unpaired) electrons. The molecule has 28 heavy (non-hydrogen) atoms. The van der Waals surface area contributed by atoms with E-state index in [1.54, 1.807) is 34.4 Å². The highest BCUT2D eigenvalue weighted by atomic mass is 32.1. The molecule has 2 heterocycles. The standard InChI is InChI=1S/C21H24N4O2S/c1-15(2)12-25-20(10-11-22-25)24-21(26)9-6-17-4-7-19(8-5-17)27-13-18-14-28-16(3)23-18/h4-11,14-15H,12-13H2,1-3H3,(H,24,26)/b9-6+. The zero-order chi connectivity index (χ0) is 19.9. The lowest BCUT2D eigenvalue weighted by Gasteiger charge is -2.09. The fourth-order valence-corrected chi connectivity index (χ4v) is 3.17. The molecular weight excluding hydrogens is 372 g/mol. The van der Waals surface area contributed by atoms with E-state index in [0.29, 0.717) is 18.3 Å². The van der Waals surface area contributed by atoms with Crippen molar-refractivity contribution in [3.05, 3.63) is 64.2 Å². The molecule has 3 aromatic rings. The number of hydrogen-bond acceptors (Lipinski definition) is 5. The van der Waals surface area contributed by atoms with Gasteiger partial charge in [-0.25, -0.2) is 9.67 Å². The minimum absolute atomic E-state index is 0.190. The second-order valence-corrected chi connectivity index (χ2v) is 7.89. The summed E-state index contributed by atoms with van der Waals surface area (Å²) in [5.74, 6) is 1.73. The highest BCUT2D eigenvalue weighted by Gasteiger charge is 2.06. The Hall–Kier alpha value is -2.93. The third-order valence-electron chi connectivity index (χ3n) is 3.87. The molecular formula is C21H24N4O2S. The Morgan fingerprint density at radius 3 is 2.75 bits per heavy atom. The first-order valence-electron chi connectivity index (χ1n) is 9.14. The Morgan fingerprint density at radius 2 is 2.07 bits per heavy atom. The lowest BCUT2D eigenvalue weighted by molar-refractivity contribution is -0.111. The number of carbonyl (C=O) groups excluding carboxylic acids is 1. The summed E-state index contributed by atoms with van der Waals surface area (Å²) in [6, 6.07) is 9.38. The van der Waals surface area contributed by atoms with Crippen molar-refractivity contribution in [3.8, 4) is 5.75 Å². The molecule has 0 atom stereocenters. The average molecular weight is 397 g/mol. The first kappa shape index (κ1) is 19.8. The molecule has 6 nitrogen and oxygen atoms in total. The number of carbonyl (C=O) groups is 1. The van der Waals surface area contributed by atoms with Crippen LogP contribution in [0.25, 0.3) is 6.08 Å². The van der Waals surface area contributed by atoms with Gasteiger partial charge in [0.1, 0.15) is 18.2 Å². The van der Waals surface area contributed by atoms with Gasteiger partial charge in [0.15, 0.2) is 0 Å². The number of ether oxygens (including phenoxy) is 1. The van der Waals surface area contributed by atoms with Crippen molar-refractivity contribution < 1.29 is 9.53 Å². The van der Waals surface area contributed by atoms with Crippen molar-refractivity contribution >= 4 is 29.1 Å². The molecule has 2 aromatic heterocycles.